The molecular weight excluding hydrogens is 560 g/mol. The molecule has 2 fully saturated rings. The SMILES string of the molecule is O=C(NC1(C(=O)N(CCc2ccccc2)C(=O)NCCCN2CCOCC2)CCCC1)c1cc2cc(Cl)ccc2s1. The van der Waals surface area contributed by atoms with Gasteiger partial charge in [-0.2, -0.15) is 0 Å². The van der Waals surface area contributed by atoms with Gasteiger partial charge >= 0.3 is 6.03 Å². The van der Waals surface area contributed by atoms with Crippen LogP contribution in [0.4, 0.5) is 4.79 Å². The summed E-state index contributed by atoms with van der Waals surface area (Å²) in [6.45, 7) is 4.82. The van der Waals surface area contributed by atoms with E-state index in [0.717, 1.165) is 67.8 Å². The van der Waals surface area contributed by atoms with Crippen molar-refractivity contribution in [2.75, 3.05) is 45.9 Å². The Morgan fingerprint density at radius 1 is 1.02 bits per heavy atom. The summed E-state index contributed by atoms with van der Waals surface area (Å²) in [5.41, 5.74) is -0.0777. The van der Waals surface area contributed by atoms with Gasteiger partial charge in [0.1, 0.15) is 5.54 Å². The van der Waals surface area contributed by atoms with Crippen molar-refractivity contribution in [2.24, 2.45) is 0 Å². The molecule has 4 amide bonds. The van der Waals surface area contributed by atoms with E-state index in [9.17, 15) is 14.4 Å². The highest BCUT2D eigenvalue weighted by atomic mass is 35.5. The Labute approximate surface area is 250 Å². The fourth-order valence-electron chi connectivity index (χ4n) is 5.63. The summed E-state index contributed by atoms with van der Waals surface area (Å²) in [4.78, 5) is 45.3. The van der Waals surface area contributed by atoms with Crippen LogP contribution < -0.4 is 10.6 Å². The topological polar surface area (TPSA) is 91.0 Å². The van der Waals surface area contributed by atoms with E-state index in [2.05, 4.69) is 15.5 Å². The van der Waals surface area contributed by atoms with Gasteiger partial charge in [-0.1, -0.05) is 54.8 Å². The lowest BCUT2D eigenvalue weighted by Crippen LogP contribution is -2.61. The van der Waals surface area contributed by atoms with Gasteiger partial charge in [-0.3, -0.25) is 19.4 Å². The zero-order valence-electron chi connectivity index (χ0n) is 23.2. The number of amides is 4. The number of hydrogen-bond donors (Lipinski definition) is 2. The molecule has 0 bridgehead atoms. The number of carbonyl (C=O) groups is 3. The van der Waals surface area contributed by atoms with E-state index < -0.39 is 11.6 Å². The first-order chi connectivity index (χ1) is 19.9. The number of fused-ring (bicyclic) bond motifs is 1. The van der Waals surface area contributed by atoms with Crippen molar-refractivity contribution >= 4 is 50.9 Å². The minimum absolute atomic E-state index is 0.233. The number of urea groups is 1. The number of imide groups is 1. The Kier molecular flexibility index (Phi) is 9.92. The molecule has 8 nitrogen and oxygen atoms in total. The Morgan fingerprint density at radius 3 is 2.54 bits per heavy atom. The van der Waals surface area contributed by atoms with Gasteiger partial charge in [-0.05, 0) is 67.4 Å². The average Bonchev–Trinajstić information content (AvgIpc) is 3.64. The van der Waals surface area contributed by atoms with E-state index in [-0.39, 0.29) is 18.4 Å². The van der Waals surface area contributed by atoms with Crippen molar-refractivity contribution in [3.05, 3.63) is 70.1 Å². The maximum absolute atomic E-state index is 14.2. The Balaban J connectivity index is 1.29. The van der Waals surface area contributed by atoms with Gasteiger partial charge in [0, 0.05) is 35.9 Å². The normalized spacial score (nSPS) is 16.9. The quantitative estimate of drug-likeness (QED) is 0.318. The fourth-order valence-corrected chi connectivity index (χ4v) is 6.75. The van der Waals surface area contributed by atoms with Gasteiger partial charge in [0.15, 0.2) is 0 Å². The summed E-state index contributed by atoms with van der Waals surface area (Å²) < 4.78 is 6.36. The van der Waals surface area contributed by atoms with Gasteiger partial charge < -0.3 is 15.4 Å². The second-order valence-corrected chi connectivity index (χ2v) is 12.3. The summed E-state index contributed by atoms with van der Waals surface area (Å²) >= 11 is 7.51. The van der Waals surface area contributed by atoms with Crippen molar-refractivity contribution < 1.29 is 19.1 Å². The highest BCUT2D eigenvalue weighted by Crippen LogP contribution is 2.34. The molecule has 218 valence electrons. The molecule has 0 spiro atoms. The maximum Gasteiger partial charge on any atom is 0.324 e. The second kappa shape index (κ2) is 13.8. The zero-order valence-corrected chi connectivity index (χ0v) is 24.8. The molecule has 2 N–H and O–H groups in total. The van der Waals surface area contributed by atoms with Gasteiger partial charge in [0.25, 0.3) is 11.8 Å². The number of rotatable bonds is 10. The molecule has 1 saturated heterocycles. The van der Waals surface area contributed by atoms with E-state index in [1.54, 1.807) is 6.07 Å². The Bertz CT molecular complexity index is 1350. The number of carbonyl (C=O) groups excluding carboxylic acids is 3. The van der Waals surface area contributed by atoms with Crippen LogP contribution in [0, 0.1) is 0 Å². The molecule has 3 aromatic rings. The van der Waals surface area contributed by atoms with Crippen LogP contribution in [-0.2, 0) is 16.0 Å². The third-order valence-corrected chi connectivity index (χ3v) is 9.26. The highest BCUT2D eigenvalue weighted by Gasteiger charge is 2.46. The highest BCUT2D eigenvalue weighted by molar-refractivity contribution is 7.20. The molecule has 5 rings (SSSR count). The number of hydrogen-bond acceptors (Lipinski definition) is 6. The van der Waals surface area contributed by atoms with E-state index >= 15 is 0 Å². The van der Waals surface area contributed by atoms with Crippen molar-refractivity contribution in [3.8, 4) is 0 Å². The number of halogens is 1. The molecule has 2 heterocycles. The zero-order chi connectivity index (χ0) is 28.7. The number of benzene rings is 2. The van der Waals surface area contributed by atoms with Crippen molar-refractivity contribution in [3.63, 3.8) is 0 Å². The number of nitrogens with zero attached hydrogens (tertiary/aromatic N) is 2. The number of thiophene rings is 1. The molecule has 1 aliphatic carbocycles. The lowest BCUT2D eigenvalue weighted by atomic mass is 9.94. The fraction of sp³-hybridized carbons (Fsp3) is 0.452. The monoisotopic (exact) mass is 596 g/mol. The summed E-state index contributed by atoms with van der Waals surface area (Å²) in [6.07, 6.45) is 3.93. The standard InChI is InChI=1S/C31H37ClN4O4S/c32-25-9-10-26-24(21-25)22-27(41-26)28(37)34-31(12-4-5-13-31)29(38)36(16-11-23-7-2-1-3-8-23)30(39)33-14-6-15-35-17-19-40-20-18-35/h1-3,7-10,21-22H,4-6,11-20H2,(H,33,39)(H,34,37). The minimum atomic E-state index is -1.12. The van der Waals surface area contributed by atoms with Crippen LogP contribution in [0.5, 0.6) is 0 Å². The molecule has 1 aromatic heterocycles. The smallest absolute Gasteiger partial charge is 0.324 e. The van der Waals surface area contributed by atoms with Gasteiger partial charge in [-0.15, -0.1) is 11.3 Å². The van der Waals surface area contributed by atoms with Gasteiger partial charge in [0.05, 0.1) is 18.1 Å². The summed E-state index contributed by atoms with van der Waals surface area (Å²) in [7, 11) is 0. The van der Waals surface area contributed by atoms with Crippen LogP contribution in [0.3, 0.4) is 0 Å². The predicted molar refractivity (Wildman–Crippen MR) is 163 cm³/mol. The van der Waals surface area contributed by atoms with E-state index in [0.29, 0.717) is 35.7 Å². The largest absolute Gasteiger partial charge is 0.379 e. The molecule has 0 radical (unpaired) electrons. The molecule has 0 unspecified atom stereocenters. The van der Waals surface area contributed by atoms with E-state index in [4.69, 9.17) is 16.3 Å². The molecule has 10 heteroatoms. The first-order valence-corrected chi connectivity index (χ1v) is 15.6. The van der Waals surface area contributed by atoms with E-state index in [1.165, 1.54) is 16.2 Å². The molecule has 1 saturated carbocycles. The molecule has 2 aliphatic rings. The molecule has 41 heavy (non-hydrogen) atoms. The molecule has 0 atom stereocenters. The van der Waals surface area contributed by atoms with Gasteiger partial charge in [0.2, 0.25) is 0 Å². The van der Waals surface area contributed by atoms with Crippen molar-refractivity contribution in [2.45, 2.75) is 44.1 Å². The molecular formula is C31H37ClN4O4S. The number of ether oxygens (including phenoxy) is 1. The van der Waals surface area contributed by atoms with E-state index in [1.807, 2.05) is 48.5 Å². The first-order valence-electron chi connectivity index (χ1n) is 14.4. The van der Waals surface area contributed by atoms with Crippen LogP contribution >= 0.6 is 22.9 Å². The van der Waals surface area contributed by atoms with Crippen molar-refractivity contribution in [1.82, 2.24) is 20.4 Å². The molecule has 2 aromatic carbocycles. The lowest BCUT2D eigenvalue weighted by molar-refractivity contribution is -0.134. The number of nitrogens with one attached hydrogen (secondary N) is 2. The van der Waals surface area contributed by atoms with Crippen LogP contribution in [0.25, 0.3) is 10.1 Å². The number of morpholine rings is 1. The predicted octanol–water partition coefficient (Wildman–Crippen LogP) is 5.10. The van der Waals surface area contributed by atoms with Crippen LogP contribution in [0.1, 0.15) is 47.3 Å². The lowest BCUT2D eigenvalue weighted by Gasteiger charge is -2.34. The van der Waals surface area contributed by atoms with Crippen LogP contribution in [0.15, 0.2) is 54.6 Å². The average molecular weight is 597 g/mol. The van der Waals surface area contributed by atoms with Crippen LogP contribution in [-0.4, -0.2) is 79.1 Å². The minimum Gasteiger partial charge on any atom is -0.379 e. The van der Waals surface area contributed by atoms with Gasteiger partial charge in [-0.25, -0.2) is 4.79 Å². The summed E-state index contributed by atoms with van der Waals surface area (Å²) in [5, 5.41) is 7.55. The second-order valence-electron chi connectivity index (χ2n) is 10.8. The Morgan fingerprint density at radius 2 is 1.78 bits per heavy atom. The summed E-state index contributed by atoms with van der Waals surface area (Å²) in [5.74, 6) is -0.638. The first kappa shape index (κ1) is 29.5. The molecule has 1 aliphatic heterocycles. The van der Waals surface area contributed by atoms with Crippen LogP contribution in [0.2, 0.25) is 5.02 Å². The third kappa shape index (κ3) is 7.46. The Hall–Kier alpha value is -2.98. The maximum atomic E-state index is 14.2. The summed E-state index contributed by atoms with van der Waals surface area (Å²) in [6, 6.07) is 16.7. The third-order valence-electron chi connectivity index (χ3n) is 7.91. The van der Waals surface area contributed by atoms with Crippen molar-refractivity contribution in [1.29, 1.82) is 0 Å².